The molecule has 0 aliphatic heterocycles. The van der Waals surface area contributed by atoms with Crippen molar-refractivity contribution in [2.24, 2.45) is 0 Å². The van der Waals surface area contributed by atoms with Crippen molar-refractivity contribution in [1.29, 1.82) is 0 Å². The zero-order chi connectivity index (χ0) is 17.6. The van der Waals surface area contributed by atoms with Gasteiger partial charge in [0, 0.05) is 7.05 Å². The molecule has 23 heavy (non-hydrogen) atoms. The second-order valence-electron chi connectivity index (χ2n) is 6.77. The molecule has 0 unspecified atom stereocenters. The van der Waals surface area contributed by atoms with Crippen molar-refractivity contribution in [2.45, 2.75) is 51.9 Å². The van der Waals surface area contributed by atoms with Crippen molar-refractivity contribution < 1.29 is 8.42 Å². The minimum absolute atomic E-state index is 0.0277. The van der Waals surface area contributed by atoms with Gasteiger partial charge in [-0.25, -0.2) is 12.7 Å². The fourth-order valence-corrected chi connectivity index (χ4v) is 4.85. The van der Waals surface area contributed by atoms with Gasteiger partial charge in [-0.05, 0) is 42.9 Å². The molecule has 0 aliphatic rings. The van der Waals surface area contributed by atoms with Crippen LogP contribution in [0.3, 0.4) is 0 Å². The third kappa shape index (κ3) is 3.40. The number of nitrogens with zero attached hydrogens (tertiary/aromatic N) is 3. The average molecular weight is 354 g/mol. The van der Waals surface area contributed by atoms with Crippen molar-refractivity contribution in [1.82, 2.24) is 10.2 Å². The van der Waals surface area contributed by atoms with Gasteiger partial charge in [-0.2, -0.15) is 0 Å². The molecular weight excluding hydrogens is 330 g/mol. The fraction of sp³-hybridized carbons (Fsp3) is 0.500. The number of aryl methyl sites for hydroxylation is 3. The summed E-state index contributed by atoms with van der Waals surface area (Å²) >= 11 is 1.26. The third-order valence-electron chi connectivity index (χ3n) is 3.73. The number of hydrogen-bond donors (Lipinski definition) is 0. The smallest absolute Gasteiger partial charge is 0.243 e. The van der Waals surface area contributed by atoms with E-state index in [-0.39, 0.29) is 5.41 Å². The largest absolute Gasteiger partial charge is 0.266 e. The number of rotatable bonds is 3. The number of hydrogen-bond acceptors (Lipinski definition) is 5. The normalized spacial score (nSPS) is 12.5. The molecule has 0 radical (unpaired) electrons. The summed E-state index contributed by atoms with van der Waals surface area (Å²) in [7, 11) is -2.14. The van der Waals surface area contributed by atoms with E-state index in [1.807, 2.05) is 26.0 Å². The van der Waals surface area contributed by atoms with Crippen LogP contribution in [0.5, 0.6) is 0 Å². The Balaban J connectivity index is 2.56. The summed E-state index contributed by atoms with van der Waals surface area (Å²) in [5, 5.41) is 8.95. The molecular formula is C16H23N3O2S2. The molecule has 2 aromatic rings. The summed E-state index contributed by atoms with van der Waals surface area (Å²) in [6.45, 7) is 11.8. The van der Waals surface area contributed by atoms with Crippen molar-refractivity contribution in [2.75, 3.05) is 11.4 Å². The van der Waals surface area contributed by atoms with Crippen molar-refractivity contribution in [3.8, 4) is 0 Å². The Morgan fingerprint density at radius 2 is 1.57 bits per heavy atom. The molecule has 0 atom stereocenters. The van der Waals surface area contributed by atoms with Crippen molar-refractivity contribution in [3.63, 3.8) is 0 Å². The van der Waals surface area contributed by atoms with E-state index < -0.39 is 10.0 Å². The van der Waals surface area contributed by atoms with Gasteiger partial charge in [0.2, 0.25) is 5.13 Å². The Morgan fingerprint density at radius 3 is 1.96 bits per heavy atom. The van der Waals surface area contributed by atoms with Gasteiger partial charge in [-0.3, -0.25) is 0 Å². The van der Waals surface area contributed by atoms with Crippen LogP contribution in [0.15, 0.2) is 17.0 Å². The van der Waals surface area contributed by atoms with Gasteiger partial charge >= 0.3 is 0 Å². The van der Waals surface area contributed by atoms with Crippen LogP contribution in [-0.4, -0.2) is 25.7 Å². The maximum absolute atomic E-state index is 13.0. The zero-order valence-corrected chi connectivity index (χ0v) is 16.3. The van der Waals surface area contributed by atoms with Crippen LogP contribution in [0.4, 0.5) is 5.13 Å². The summed E-state index contributed by atoms with van der Waals surface area (Å²) in [5.41, 5.74) is 2.60. The van der Waals surface area contributed by atoms with Crippen LogP contribution in [0.25, 0.3) is 0 Å². The molecule has 1 aromatic carbocycles. The van der Waals surface area contributed by atoms with Gasteiger partial charge < -0.3 is 0 Å². The molecule has 0 aliphatic carbocycles. The maximum Gasteiger partial charge on any atom is 0.266 e. The first kappa shape index (κ1) is 17.9. The predicted molar refractivity (Wildman–Crippen MR) is 94.9 cm³/mol. The molecule has 1 aromatic heterocycles. The van der Waals surface area contributed by atoms with Crippen molar-refractivity contribution >= 4 is 26.5 Å². The second-order valence-corrected chi connectivity index (χ2v) is 9.83. The van der Waals surface area contributed by atoms with Crippen LogP contribution in [0.1, 0.15) is 42.5 Å². The molecule has 0 bridgehead atoms. The maximum atomic E-state index is 13.0. The molecule has 126 valence electrons. The van der Waals surface area contributed by atoms with Crippen LogP contribution in [0, 0.1) is 20.8 Å². The Morgan fingerprint density at radius 1 is 1.04 bits per heavy atom. The Kier molecular flexibility index (Phi) is 4.56. The van der Waals surface area contributed by atoms with E-state index in [9.17, 15) is 8.42 Å². The second kappa shape index (κ2) is 5.87. The molecule has 0 saturated carbocycles. The summed E-state index contributed by atoms with van der Waals surface area (Å²) in [5.74, 6) is 0. The van der Waals surface area contributed by atoms with Gasteiger partial charge in [0.25, 0.3) is 10.0 Å². The standard InChI is InChI=1S/C16H23N3O2S2/c1-10-8-13(16(4,5)6)9-11(2)14(10)23(20,21)19(7)15-18-17-12(3)22-15/h8-9H,1-7H3. The molecule has 0 saturated heterocycles. The molecule has 0 fully saturated rings. The lowest BCUT2D eigenvalue weighted by atomic mass is 9.85. The number of aromatic nitrogens is 2. The number of anilines is 1. The Bertz CT molecular complexity index is 810. The lowest BCUT2D eigenvalue weighted by Gasteiger charge is -2.24. The summed E-state index contributed by atoms with van der Waals surface area (Å²) in [6, 6.07) is 3.91. The van der Waals surface area contributed by atoms with Gasteiger partial charge in [-0.15, -0.1) is 10.2 Å². The highest BCUT2D eigenvalue weighted by atomic mass is 32.2. The average Bonchev–Trinajstić information content (AvgIpc) is 2.82. The first-order chi connectivity index (χ1) is 10.4. The molecule has 0 amide bonds. The Labute approximate surface area is 142 Å². The first-order valence-corrected chi connectivity index (χ1v) is 9.61. The summed E-state index contributed by atoms with van der Waals surface area (Å²) < 4.78 is 27.2. The third-order valence-corrected chi connectivity index (χ3v) is 6.81. The van der Waals surface area contributed by atoms with Gasteiger partial charge in [0.1, 0.15) is 5.01 Å². The van der Waals surface area contributed by atoms with E-state index in [0.717, 1.165) is 21.7 Å². The minimum Gasteiger partial charge on any atom is -0.243 e. The molecule has 0 spiro atoms. The fourth-order valence-electron chi connectivity index (χ4n) is 2.44. The van der Waals surface area contributed by atoms with Crippen molar-refractivity contribution in [3.05, 3.63) is 33.8 Å². The van der Waals surface area contributed by atoms with Gasteiger partial charge in [-0.1, -0.05) is 44.2 Å². The van der Waals surface area contributed by atoms with Crippen LogP contribution in [-0.2, 0) is 15.4 Å². The number of sulfonamides is 1. The van der Waals surface area contributed by atoms with E-state index in [4.69, 9.17) is 0 Å². The lowest BCUT2D eigenvalue weighted by Crippen LogP contribution is -2.28. The topological polar surface area (TPSA) is 63.2 Å². The molecule has 1 heterocycles. The molecule has 0 N–H and O–H groups in total. The van der Waals surface area contributed by atoms with E-state index in [2.05, 4.69) is 31.0 Å². The highest BCUT2D eigenvalue weighted by Gasteiger charge is 2.28. The first-order valence-electron chi connectivity index (χ1n) is 7.35. The lowest BCUT2D eigenvalue weighted by molar-refractivity contribution is 0.583. The van der Waals surface area contributed by atoms with Crippen LogP contribution >= 0.6 is 11.3 Å². The Hall–Kier alpha value is -1.47. The monoisotopic (exact) mass is 353 g/mol. The van der Waals surface area contributed by atoms with E-state index in [1.165, 1.54) is 22.7 Å². The van der Waals surface area contributed by atoms with E-state index in [1.54, 1.807) is 6.92 Å². The quantitative estimate of drug-likeness (QED) is 0.846. The number of benzene rings is 1. The zero-order valence-electron chi connectivity index (χ0n) is 14.6. The molecule has 5 nitrogen and oxygen atoms in total. The predicted octanol–water partition coefficient (Wildman–Crippen LogP) is 3.59. The van der Waals surface area contributed by atoms with Crippen LogP contribution in [0.2, 0.25) is 0 Å². The van der Waals surface area contributed by atoms with Crippen LogP contribution < -0.4 is 4.31 Å². The van der Waals surface area contributed by atoms with E-state index in [0.29, 0.717) is 10.0 Å². The minimum atomic E-state index is -3.66. The highest BCUT2D eigenvalue weighted by molar-refractivity contribution is 7.93. The van der Waals surface area contributed by atoms with Gasteiger partial charge in [0.05, 0.1) is 4.90 Å². The highest BCUT2D eigenvalue weighted by Crippen LogP contribution is 2.32. The molecule has 7 heteroatoms. The summed E-state index contributed by atoms with van der Waals surface area (Å²) in [4.78, 5) is 0.348. The molecule has 2 rings (SSSR count). The van der Waals surface area contributed by atoms with Gasteiger partial charge in [0.15, 0.2) is 0 Å². The van der Waals surface area contributed by atoms with E-state index >= 15 is 0 Å². The SMILES string of the molecule is Cc1nnc(N(C)S(=O)(=O)c2c(C)cc(C(C)(C)C)cc2C)s1. The summed E-state index contributed by atoms with van der Waals surface area (Å²) in [6.07, 6.45) is 0.